The fourth-order valence-corrected chi connectivity index (χ4v) is 2.73. The molecule has 2 N–H and O–H groups in total. The minimum absolute atomic E-state index is 0.333. The lowest BCUT2D eigenvalue weighted by atomic mass is 10.1. The summed E-state index contributed by atoms with van der Waals surface area (Å²) >= 11 is 5.97. The summed E-state index contributed by atoms with van der Waals surface area (Å²) in [6.07, 6.45) is 0.333. The summed E-state index contributed by atoms with van der Waals surface area (Å²) in [7, 11) is 1.59. The Morgan fingerprint density at radius 2 is 1.96 bits per heavy atom. The number of aromatic nitrogens is 1. The minimum atomic E-state index is -0.936. The van der Waals surface area contributed by atoms with Gasteiger partial charge in [0.05, 0.1) is 12.6 Å². The summed E-state index contributed by atoms with van der Waals surface area (Å²) < 4.78 is 5.12. The number of rotatable bonds is 6. The van der Waals surface area contributed by atoms with Crippen LogP contribution in [0, 0.1) is 0 Å². The molecule has 0 aliphatic carbocycles. The quantitative estimate of drug-likeness (QED) is 0.698. The number of aliphatic carboxylic acids is 1. The number of nitrogens with zero attached hydrogens (tertiary/aromatic N) is 1. The molecule has 0 bridgehead atoms. The smallest absolute Gasteiger partial charge is 0.326 e. The number of hydrogen-bond donors (Lipinski definition) is 2. The number of fused-ring (bicyclic) bond motifs is 1. The number of ether oxygens (including phenoxy) is 1. The molecule has 3 aromatic rings. The second-order valence-electron chi connectivity index (χ2n) is 5.62. The van der Waals surface area contributed by atoms with Crippen LogP contribution >= 0.6 is 11.6 Å². The highest BCUT2D eigenvalue weighted by Crippen LogP contribution is 2.20. The van der Waals surface area contributed by atoms with Crippen molar-refractivity contribution in [3.8, 4) is 5.75 Å². The van der Waals surface area contributed by atoms with Crippen molar-refractivity contribution in [2.45, 2.75) is 12.5 Å². The normalized spacial score (nSPS) is 11.9. The topological polar surface area (TPSA) is 71.5 Å². The van der Waals surface area contributed by atoms with Gasteiger partial charge in [-0.05, 0) is 48.0 Å². The molecule has 0 amide bonds. The summed E-state index contributed by atoms with van der Waals surface area (Å²) in [6, 6.07) is 15.5. The Kier molecular flexibility index (Phi) is 5.05. The molecule has 0 saturated carbocycles. The van der Waals surface area contributed by atoms with Crippen molar-refractivity contribution < 1.29 is 14.6 Å². The lowest BCUT2D eigenvalue weighted by Gasteiger charge is -2.16. The summed E-state index contributed by atoms with van der Waals surface area (Å²) in [5.74, 6) is 0.308. The highest BCUT2D eigenvalue weighted by molar-refractivity contribution is 6.31. The Balaban J connectivity index is 1.79. The van der Waals surface area contributed by atoms with Crippen LogP contribution in [0.4, 0.5) is 5.82 Å². The van der Waals surface area contributed by atoms with Crippen LogP contribution in [0.3, 0.4) is 0 Å². The average molecular weight is 357 g/mol. The van der Waals surface area contributed by atoms with Crippen LogP contribution in [0.25, 0.3) is 10.9 Å². The second kappa shape index (κ2) is 7.40. The van der Waals surface area contributed by atoms with E-state index in [1.807, 2.05) is 42.5 Å². The number of benzene rings is 2. The first-order chi connectivity index (χ1) is 12.0. The van der Waals surface area contributed by atoms with Crippen LogP contribution in [0.1, 0.15) is 5.56 Å². The van der Waals surface area contributed by atoms with Gasteiger partial charge in [-0.15, -0.1) is 0 Å². The molecule has 0 radical (unpaired) electrons. The maximum atomic E-state index is 11.6. The van der Waals surface area contributed by atoms with Gasteiger partial charge in [0.1, 0.15) is 17.6 Å². The number of anilines is 1. The summed E-state index contributed by atoms with van der Waals surface area (Å²) in [5, 5.41) is 14.0. The van der Waals surface area contributed by atoms with Gasteiger partial charge in [-0.2, -0.15) is 0 Å². The predicted octanol–water partition coefficient (Wildman–Crippen LogP) is 4.00. The lowest BCUT2D eigenvalue weighted by molar-refractivity contribution is -0.137. The Morgan fingerprint density at radius 3 is 2.64 bits per heavy atom. The SMILES string of the molecule is COc1ccc(C[C@H](Nc2ccc3cc(Cl)ccc3n2)C(=O)O)cc1. The molecule has 3 rings (SSSR count). The first kappa shape index (κ1) is 17.0. The van der Waals surface area contributed by atoms with Crippen molar-refractivity contribution >= 4 is 34.3 Å². The van der Waals surface area contributed by atoms with Gasteiger partial charge in [0.15, 0.2) is 0 Å². The van der Waals surface area contributed by atoms with Crippen molar-refractivity contribution in [3.63, 3.8) is 0 Å². The van der Waals surface area contributed by atoms with Gasteiger partial charge >= 0.3 is 5.97 Å². The number of nitrogens with one attached hydrogen (secondary N) is 1. The molecular weight excluding hydrogens is 340 g/mol. The van der Waals surface area contributed by atoms with Crippen LogP contribution < -0.4 is 10.1 Å². The maximum absolute atomic E-state index is 11.6. The van der Waals surface area contributed by atoms with Gasteiger partial charge in [-0.25, -0.2) is 9.78 Å². The lowest BCUT2D eigenvalue weighted by Crippen LogP contribution is -2.31. The minimum Gasteiger partial charge on any atom is -0.497 e. The standard InChI is InChI=1S/C19H17ClN2O3/c1-25-15-6-2-12(3-7-15)10-17(19(23)24)22-18-9-4-13-11-14(20)5-8-16(13)21-18/h2-9,11,17H,10H2,1H3,(H,21,22)(H,23,24)/t17-/m0/s1. The van der Waals surface area contributed by atoms with E-state index in [0.29, 0.717) is 17.3 Å². The summed E-state index contributed by atoms with van der Waals surface area (Å²) in [4.78, 5) is 16.1. The van der Waals surface area contributed by atoms with Gasteiger partial charge in [-0.3, -0.25) is 0 Å². The predicted molar refractivity (Wildman–Crippen MR) is 98.5 cm³/mol. The largest absolute Gasteiger partial charge is 0.497 e. The second-order valence-corrected chi connectivity index (χ2v) is 6.06. The number of carboxylic acids is 1. The van der Waals surface area contributed by atoms with E-state index in [4.69, 9.17) is 16.3 Å². The third-order valence-corrected chi connectivity index (χ3v) is 4.11. The zero-order valence-electron chi connectivity index (χ0n) is 13.6. The molecule has 2 aromatic carbocycles. The van der Waals surface area contributed by atoms with E-state index < -0.39 is 12.0 Å². The zero-order chi connectivity index (χ0) is 17.8. The van der Waals surface area contributed by atoms with Crippen LogP contribution in [0.15, 0.2) is 54.6 Å². The number of halogens is 1. The summed E-state index contributed by atoms with van der Waals surface area (Å²) in [5.41, 5.74) is 1.65. The third kappa shape index (κ3) is 4.19. The van der Waals surface area contributed by atoms with Crippen LogP contribution in [-0.4, -0.2) is 29.2 Å². The highest BCUT2D eigenvalue weighted by Gasteiger charge is 2.18. The van der Waals surface area contributed by atoms with Gasteiger partial charge in [0.2, 0.25) is 0 Å². The monoisotopic (exact) mass is 356 g/mol. The van der Waals surface area contributed by atoms with E-state index in [9.17, 15) is 9.90 Å². The van der Waals surface area contributed by atoms with Gasteiger partial charge < -0.3 is 15.2 Å². The van der Waals surface area contributed by atoms with E-state index in [0.717, 1.165) is 22.2 Å². The molecule has 0 aliphatic rings. The molecular formula is C19H17ClN2O3. The third-order valence-electron chi connectivity index (χ3n) is 3.87. The van der Waals surface area contributed by atoms with Gasteiger partial charge in [0, 0.05) is 16.8 Å². The van der Waals surface area contributed by atoms with Crippen molar-refractivity contribution in [3.05, 3.63) is 65.2 Å². The Morgan fingerprint density at radius 1 is 1.20 bits per heavy atom. The van der Waals surface area contributed by atoms with E-state index in [1.54, 1.807) is 19.2 Å². The molecule has 25 heavy (non-hydrogen) atoms. The molecule has 0 fully saturated rings. The van der Waals surface area contributed by atoms with Crippen molar-refractivity contribution in [2.24, 2.45) is 0 Å². The number of hydrogen-bond acceptors (Lipinski definition) is 4. The van der Waals surface area contributed by atoms with Crippen LogP contribution in [-0.2, 0) is 11.2 Å². The molecule has 0 aliphatic heterocycles. The Labute approximate surface area is 150 Å². The molecule has 128 valence electrons. The number of carbonyl (C=O) groups is 1. The first-order valence-electron chi connectivity index (χ1n) is 7.74. The van der Waals surface area contributed by atoms with E-state index >= 15 is 0 Å². The van der Waals surface area contributed by atoms with Crippen molar-refractivity contribution in [1.82, 2.24) is 4.98 Å². The molecule has 1 atom stereocenters. The van der Waals surface area contributed by atoms with E-state index in [1.165, 1.54) is 0 Å². The Hall–Kier alpha value is -2.79. The van der Waals surface area contributed by atoms with Crippen LogP contribution in [0.2, 0.25) is 5.02 Å². The number of methoxy groups -OCH3 is 1. The molecule has 0 unspecified atom stereocenters. The first-order valence-corrected chi connectivity index (χ1v) is 8.11. The number of carboxylic acid groups (broad SMARTS) is 1. The highest BCUT2D eigenvalue weighted by atomic mass is 35.5. The van der Waals surface area contributed by atoms with Gasteiger partial charge in [0.25, 0.3) is 0 Å². The van der Waals surface area contributed by atoms with E-state index in [-0.39, 0.29) is 0 Å². The summed E-state index contributed by atoms with van der Waals surface area (Å²) in [6.45, 7) is 0. The fraction of sp³-hybridized carbons (Fsp3) is 0.158. The van der Waals surface area contributed by atoms with Crippen LogP contribution in [0.5, 0.6) is 5.75 Å². The zero-order valence-corrected chi connectivity index (χ0v) is 14.3. The van der Waals surface area contributed by atoms with Crippen molar-refractivity contribution in [1.29, 1.82) is 0 Å². The average Bonchev–Trinajstić information content (AvgIpc) is 2.61. The molecule has 1 heterocycles. The Bertz CT molecular complexity index is 897. The van der Waals surface area contributed by atoms with Crippen molar-refractivity contribution in [2.75, 3.05) is 12.4 Å². The molecule has 6 heteroatoms. The van der Waals surface area contributed by atoms with Gasteiger partial charge in [-0.1, -0.05) is 23.7 Å². The van der Waals surface area contributed by atoms with E-state index in [2.05, 4.69) is 10.3 Å². The number of pyridine rings is 1. The molecule has 0 saturated heterocycles. The molecule has 0 spiro atoms. The molecule has 1 aromatic heterocycles. The fourth-order valence-electron chi connectivity index (χ4n) is 2.55. The molecule has 5 nitrogen and oxygen atoms in total. The maximum Gasteiger partial charge on any atom is 0.326 e.